The lowest BCUT2D eigenvalue weighted by Crippen LogP contribution is -2.47. The fraction of sp³-hybridized carbons (Fsp3) is 0.471. The van der Waals surface area contributed by atoms with E-state index in [1.54, 1.807) is 25.9 Å². The highest BCUT2D eigenvalue weighted by atomic mass is 16.4. The molecule has 1 heterocycles. The van der Waals surface area contributed by atoms with Crippen LogP contribution in [0.3, 0.4) is 0 Å². The molecule has 236 valence electrons. The van der Waals surface area contributed by atoms with Crippen molar-refractivity contribution in [1.82, 2.24) is 31.0 Å². The van der Waals surface area contributed by atoms with Crippen molar-refractivity contribution in [2.75, 3.05) is 20.6 Å². The van der Waals surface area contributed by atoms with Gasteiger partial charge in [0, 0.05) is 43.7 Å². The van der Waals surface area contributed by atoms with E-state index in [0.717, 1.165) is 35.1 Å². The molecule has 2 aromatic carbocycles. The Hall–Kier alpha value is -4.56. The molecule has 0 bridgehead atoms. The van der Waals surface area contributed by atoms with Gasteiger partial charge >= 0.3 is 0 Å². The molecule has 2 aliphatic carbocycles. The normalized spacial score (nSPS) is 16.3. The largest absolute Gasteiger partial charge is 0.424 e. The van der Waals surface area contributed by atoms with Gasteiger partial charge in [-0.25, -0.2) is 0 Å². The van der Waals surface area contributed by atoms with E-state index >= 15 is 0 Å². The molecule has 2 atom stereocenters. The number of nitrogens with one attached hydrogen (secondary N) is 3. The maximum absolute atomic E-state index is 13.3. The number of amides is 3. The van der Waals surface area contributed by atoms with Crippen LogP contribution in [-0.2, 0) is 29.5 Å². The molecule has 3 N–H and O–H groups in total. The second-order valence-corrected chi connectivity index (χ2v) is 12.0. The molecule has 0 spiro atoms. The molecule has 11 heteroatoms. The quantitative estimate of drug-likeness (QED) is 0.299. The van der Waals surface area contributed by atoms with Gasteiger partial charge in [0.15, 0.2) is 0 Å². The average Bonchev–Trinajstić information content (AvgIpc) is 3.80. The summed E-state index contributed by atoms with van der Waals surface area (Å²) in [6.45, 7) is 5.81. The number of hydrogen-bond donors (Lipinski definition) is 3. The lowest BCUT2D eigenvalue weighted by atomic mass is 9.68. The molecule has 45 heavy (non-hydrogen) atoms. The van der Waals surface area contributed by atoms with Gasteiger partial charge in [0.2, 0.25) is 17.7 Å². The third kappa shape index (κ3) is 6.20. The van der Waals surface area contributed by atoms with E-state index in [1.807, 2.05) is 50.2 Å². The predicted octanol–water partition coefficient (Wildman–Crippen LogP) is 3.06. The van der Waals surface area contributed by atoms with Crippen LogP contribution in [0.4, 0.5) is 0 Å². The zero-order valence-electron chi connectivity index (χ0n) is 26.6. The van der Waals surface area contributed by atoms with Crippen molar-refractivity contribution in [2.24, 2.45) is 0 Å². The predicted molar refractivity (Wildman–Crippen MR) is 168 cm³/mol. The Morgan fingerprint density at radius 3 is 2.04 bits per heavy atom. The lowest BCUT2D eigenvalue weighted by Gasteiger charge is -2.36. The summed E-state index contributed by atoms with van der Waals surface area (Å²) in [4.78, 5) is 40.4. The first-order valence-corrected chi connectivity index (χ1v) is 15.6. The maximum Gasteiger partial charge on any atom is 0.251 e. The topological polar surface area (TPSA) is 153 Å². The summed E-state index contributed by atoms with van der Waals surface area (Å²) >= 11 is 0. The monoisotopic (exact) mass is 611 g/mol. The van der Waals surface area contributed by atoms with Gasteiger partial charge in [-0.2, -0.15) is 5.26 Å². The zero-order valence-corrected chi connectivity index (χ0v) is 26.6. The third-order valence-corrected chi connectivity index (χ3v) is 8.95. The first-order chi connectivity index (χ1) is 21.7. The van der Waals surface area contributed by atoms with E-state index in [9.17, 15) is 19.6 Å². The molecule has 0 aliphatic heterocycles. The molecule has 0 saturated heterocycles. The molecule has 3 aromatic rings. The first kappa shape index (κ1) is 31.9. The number of aryl methyl sites for hydroxylation is 3. The Bertz CT molecular complexity index is 1570. The molecular weight excluding hydrogens is 570 g/mol. The molecule has 1 aromatic heterocycles. The van der Waals surface area contributed by atoms with Gasteiger partial charge in [-0.15, -0.1) is 10.2 Å². The number of fused-ring (bicyclic) bond motifs is 2. The Morgan fingerprint density at radius 1 is 1.00 bits per heavy atom. The molecular formula is C34H41N7O4. The number of carbonyl (C=O) groups excluding carboxylic acids is 3. The molecule has 0 radical (unpaired) electrons. The van der Waals surface area contributed by atoms with Crippen molar-refractivity contribution < 1.29 is 18.8 Å². The Labute approximate surface area is 263 Å². The van der Waals surface area contributed by atoms with Crippen LogP contribution in [0.5, 0.6) is 0 Å². The standard InChI is InChI=1S/C34H41N7O4/c1-6-29-39-40-33(45-29)34(17-20(2)38-19-30(42)41(21(3)18-35)26-11-12-26)27-13-9-24(31(43)36-4)15-22(27)7-8-23-16-25(32(44)37-5)10-14-28(23)34/h9-10,13-16,20-21,26,38H,6-8,11-12,17,19H2,1-5H3,(H,36,43)(H,37,44)/t20-,21?/m0/s1. The first-order valence-electron chi connectivity index (χ1n) is 15.6. The second-order valence-electron chi connectivity index (χ2n) is 12.0. The summed E-state index contributed by atoms with van der Waals surface area (Å²) in [5, 5.41) is 27.3. The summed E-state index contributed by atoms with van der Waals surface area (Å²) in [6.07, 6.45) is 4.09. The number of aromatic nitrogens is 2. The maximum atomic E-state index is 13.3. The SMILES string of the molecule is CCc1nnc(C2(C[C@H](C)NCC(=O)N(C(C)C#N)C3CC3)c3ccc(C(=O)NC)cc3CCc3cc(C(=O)NC)ccc32)o1. The van der Waals surface area contributed by atoms with Crippen LogP contribution < -0.4 is 16.0 Å². The summed E-state index contributed by atoms with van der Waals surface area (Å²) in [7, 11) is 3.21. The summed E-state index contributed by atoms with van der Waals surface area (Å²) in [5.74, 6) is 0.450. The Balaban J connectivity index is 1.62. The van der Waals surface area contributed by atoms with Gasteiger partial charge in [-0.1, -0.05) is 19.1 Å². The van der Waals surface area contributed by atoms with Gasteiger partial charge in [0.05, 0.1) is 12.6 Å². The van der Waals surface area contributed by atoms with Crippen molar-refractivity contribution in [3.05, 3.63) is 81.6 Å². The molecule has 1 fully saturated rings. The smallest absolute Gasteiger partial charge is 0.251 e. The summed E-state index contributed by atoms with van der Waals surface area (Å²) in [6, 6.07) is 13.0. The van der Waals surface area contributed by atoms with Crippen molar-refractivity contribution in [3.8, 4) is 6.07 Å². The second kappa shape index (κ2) is 13.2. The van der Waals surface area contributed by atoms with Gasteiger partial charge in [0.25, 0.3) is 11.8 Å². The van der Waals surface area contributed by atoms with Crippen molar-refractivity contribution in [3.63, 3.8) is 0 Å². The summed E-state index contributed by atoms with van der Waals surface area (Å²) in [5.41, 5.74) is 3.95. The molecule has 2 aliphatic rings. The highest BCUT2D eigenvalue weighted by molar-refractivity contribution is 5.95. The van der Waals surface area contributed by atoms with Gasteiger partial charge in [-0.3, -0.25) is 14.4 Å². The Kier molecular flexibility index (Phi) is 9.34. The van der Waals surface area contributed by atoms with E-state index in [1.165, 1.54) is 0 Å². The van der Waals surface area contributed by atoms with Crippen LogP contribution in [0.2, 0.25) is 0 Å². The van der Waals surface area contributed by atoms with Crippen molar-refractivity contribution in [1.29, 1.82) is 5.26 Å². The molecule has 1 saturated carbocycles. The van der Waals surface area contributed by atoms with Crippen LogP contribution in [0.15, 0.2) is 40.8 Å². The van der Waals surface area contributed by atoms with E-state index in [2.05, 4.69) is 32.2 Å². The number of carbonyl (C=O) groups is 3. The minimum atomic E-state index is -0.949. The van der Waals surface area contributed by atoms with Crippen LogP contribution in [0, 0.1) is 11.3 Å². The number of benzene rings is 2. The fourth-order valence-corrected chi connectivity index (χ4v) is 6.56. The third-order valence-electron chi connectivity index (χ3n) is 8.95. The summed E-state index contributed by atoms with van der Waals surface area (Å²) < 4.78 is 6.37. The molecule has 3 amide bonds. The van der Waals surface area contributed by atoms with E-state index in [0.29, 0.717) is 48.6 Å². The minimum absolute atomic E-state index is 0.0781. The van der Waals surface area contributed by atoms with Crippen molar-refractivity contribution >= 4 is 17.7 Å². The van der Waals surface area contributed by atoms with Crippen LogP contribution in [0.25, 0.3) is 0 Å². The highest BCUT2D eigenvalue weighted by Crippen LogP contribution is 2.48. The van der Waals surface area contributed by atoms with E-state index < -0.39 is 11.5 Å². The van der Waals surface area contributed by atoms with E-state index in [4.69, 9.17) is 4.42 Å². The highest BCUT2D eigenvalue weighted by Gasteiger charge is 2.47. The molecule has 11 nitrogen and oxygen atoms in total. The molecule has 1 unspecified atom stereocenters. The zero-order chi connectivity index (χ0) is 32.3. The van der Waals surface area contributed by atoms with Crippen LogP contribution >= 0.6 is 0 Å². The van der Waals surface area contributed by atoms with Crippen LogP contribution in [-0.4, -0.2) is 71.6 Å². The Morgan fingerprint density at radius 2 is 1.58 bits per heavy atom. The lowest BCUT2D eigenvalue weighted by molar-refractivity contribution is -0.132. The van der Waals surface area contributed by atoms with Gasteiger partial charge < -0.3 is 25.3 Å². The number of hydrogen-bond acceptors (Lipinski definition) is 8. The van der Waals surface area contributed by atoms with E-state index in [-0.39, 0.29) is 36.3 Å². The van der Waals surface area contributed by atoms with Crippen molar-refractivity contribution in [2.45, 2.75) is 82.8 Å². The number of nitrogens with zero attached hydrogens (tertiary/aromatic N) is 4. The fourth-order valence-electron chi connectivity index (χ4n) is 6.56. The minimum Gasteiger partial charge on any atom is -0.424 e. The van der Waals surface area contributed by atoms with Gasteiger partial charge in [-0.05, 0) is 92.5 Å². The number of nitriles is 1. The average molecular weight is 612 g/mol. The number of rotatable bonds is 11. The van der Waals surface area contributed by atoms with Crippen LogP contribution in [0.1, 0.15) is 94.8 Å². The van der Waals surface area contributed by atoms with Gasteiger partial charge in [0.1, 0.15) is 11.5 Å². The molecule has 5 rings (SSSR count).